The van der Waals surface area contributed by atoms with E-state index in [1.807, 2.05) is 0 Å². The van der Waals surface area contributed by atoms with Crippen LogP contribution in [0.15, 0.2) is 34.9 Å². The molecule has 0 saturated carbocycles. The van der Waals surface area contributed by atoms with Crippen LogP contribution < -0.4 is 5.32 Å². The SMILES string of the molecule is O=C(O)c1coc(CNc2cc(C(=O)O)ccc2F)c1. The number of anilines is 1. The van der Waals surface area contributed by atoms with Gasteiger partial charge in [-0.25, -0.2) is 14.0 Å². The number of carboxylic acid groups (broad SMARTS) is 2. The van der Waals surface area contributed by atoms with E-state index >= 15 is 0 Å². The molecule has 0 atom stereocenters. The fraction of sp³-hybridized carbons (Fsp3) is 0.0769. The molecule has 0 radical (unpaired) electrons. The number of hydrogen-bond donors (Lipinski definition) is 3. The molecule has 3 N–H and O–H groups in total. The highest BCUT2D eigenvalue weighted by molar-refractivity contribution is 5.89. The Morgan fingerprint density at radius 2 is 1.85 bits per heavy atom. The van der Waals surface area contributed by atoms with Crippen molar-refractivity contribution < 1.29 is 28.6 Å². The number of rotatable bonds is 5. The van der Waals surface area contributed by atoms with Crippen LogP contribution in [0.25, 0.3) is 0 Å². The smallest absolute Gasteiger partial charge is 0.338 e. The van der Waals surface area contributed by atoms with Gasteiger partial charge < -0.3 is 19.9 Å². The van der Waals surface area contributed by atoms with Gasteiger partial charge in [0.25, 0.3) is 0 Å². The second-order valence-corrected chi connectivity index (χ2v) is 3.96. The van der Waals surface area contributed by atoms with Crippen molar-refractivity contribution in [3.8, 4) is 0 Å². The molecule has 0 spiro atoms. The van der Waals surface area contributed by atoms with Gasteiger partial charge in [0.15, 0.2) is 0 Å². The lowest BCUT2D eigenvalue weighted by atomic mass is 10.2. The van der Waals surface area contributed by atoms with Gasteiger partial charge in [0, 0.05) is 0 Å². The predicted molar refractivity (Wildman–Crippen MR) is 66.4 cm³/mol. The van der Waals surface area contributed by atoms with Gasteiger partial charge in [-0.05, 0) is 24.3 Å². The number of furan rings is 1. The highest BCUT2D eigenvalue weighted by Crippen LogP contribution is 2.18. The van der Waals surface area contributed by atoms with Crippen molar-refractivity contribution in [2.24, 2.45) is 0 Å². The molecule has 6 nitrogen and oxygen atoms in total. The normalized spacial score (nSPS) is 10.2. The van der Waals surface area contributed by atoms with E-state index in [0.29, 0.717) is 5.76 Å². The van der Waals surface area contributed by atoms with Crippen LogP contribution in [-0.2, 0) is 6.54 Å². The molecule has 0 aliphatic rings. The third-order valence-electron chi connectivity index (χ3n) is 2.57. The van der Waals surface area contributed by atoms with E-state index in [1.54, 1.807) is 0 Å². The number of halogens is 1. The third kappa shape index (κ3) is 2.94. The molecule has 7 heteroatoms. The average molecular weight is 279 g/mol. The molecule has 0 bridgehead atoms. The van der Waals surface area contributed by atoms with Gasteiger partial charge in [0.05, 0.1) is 23.4 Å². The quantitative estimate of drug-likeness (QED) is 0.777. The Kier molecular flexibility index (Phi) is 3.69. The summed E-state index contributed by atoms with van der Waals surface area (Å²) in [5, 5.41) is 20.2. The molecule has 0 aliphatic heterocycles. The van der Waals surface area contributed by atoms with Crippen molar-refractivity contribution in [1.82, 2.24) is 0 Å². The summed E-state index contributed by atoms with van der Waals surface area (Å²) in [6, 6.07) is 4.64. The Hall–Kier alpha value is -2.83. The first-order valence-electron chi connectivity index (χ1n) is 5.55. The van der Waals surface area contributed by atoms with Crippen molar-refractivity contribution in [2.45, 2.75) is 6.54 Å². The van der Waals surface area contributed by atoms with Gasteiger partial charge in [0.1, 0.15) is 17.8 Å². The molecule has 0 fully saturated rings. The van der Waals surface area contributed by atoms with Crippen LogP contribution in [-0.4, -0.2) is 22.2 Å². The summed E-state index contributed by atoms with van der Waals surface area (Å²) in [7, 11) is 0. The highest BCUT2D eigenvalue weighted by atomic mass is 19.1. The Labute approximate surface area is 112 Å². The van der Waals surface area contributed by atoms with Gasteiger partial charge in [-0.3, -0.25) is 0 Å². The van der Waals surface area contributed by atoms with Crippen LogP contribution in [0.5, 0.6) is 0 Å². The summed E-state index contributed by atoms with van der Waals surface area (Å²) >= 11 is 0. The topological polar surface area (TPSA) is 99.8 Å². The fourth-order valence-electron chi connectivity index (χ4n) is 1.56. The average Bonchev–Trinajstić information content (AvgIpc) is 2.86. The second-order valence-electron chi connectivity index (χ2n) is 3.96. The monoisotopic (exact) mass is 279 g/mol. The summed E-state index contributed by atoms with van der Waals surface area (Å²) in [5.74, 6) is -2.61. The van der Waals surface area contributed by atoms with Gasteiger partial charge in [0.2, 0.25) is 0 Å². The van der Waals surface area contributed by atoms with Crippen LogP contribution >= 0.6 is 0 Å². The van der Waals surface area contributed by atoms with Crippen molar-refractivity contribution in [2.75, 3.05) is 5.32 Å². The molecule has 0 amide bonds. The number of hydrogen-bond acceptors (Lipinski definition) is 4. The Morgan fingerprint density at radius 1 is 1.15 bits per heavy atom. The minimum absolute atomic E-state index is 0.00169. The first kappa shape index (κ1) is 13.6. The summed E-state index contributed by atoms with van der Waals surface area (Å²) in [6.45, 7) is 0.0350. The van der Waals surface area contributed by atoms with Crippen molar-refractivity contribution in [1.29, 1.82) is 0 Å². The van der Waals surface area contributed by atoms with Gasteiger partial charge in [-0.15, -0.1) is 0 Å². The maximum absolute atomic E-state index is 13.5. The number of benzene rings is 1. The molecular weight excluding hydrogens is 269 g/mol. The second kappa shape index (κ2) is 5.43. The van der Waals surface area contributed by atoms with E-state index in [0.717, 1.165) is 24.5 Å². The number of carbonyl (C=O) groups is 2. The van der Waals surface area contributed by atoms with E-state index < -0.39 is 17.8 Å². The minimum atomic E-state index is -1.17. The molecule has 104 valence electrons. The first-order valence-corrected chi connectivity index (χ1v) is 5.55. The Bertz CT molecular complexity index is 665. The summed E-state index contributed by atoms with van der Waals surface area (Å²) in [4.78, 5) is 21.4. The van der Waals surface area contributed by atoms with Crippen LogP contribution in [0.2, 0.25) is 0 Å². The molecular formula is C13H10FNO5. The maximum atomic E-state index is 13.5. The van der Waals surface area contributed by atoms with Crippen LogP contribution in [0, 0.1) is 5.82 Å². The molecule has 0 saturated heterocycles. The first-order chi connectivity index (χ1) is 9.47. The number of carboxylic acids is 2. The summed E-state index contributed by atoms with van der Waals surface area (Å²) in [6.07, 6.45) is 1.07. The van der Waals surface area contributed by atoms with Gasteiger partial charge in [-0.2, -0.15) is 0 Å². The van der Waals surface area contributed by atoms with Crippen LogP contribution in [0.3, 0.4) is 0 Å². The molecule has 0 aliphatic carbocycles. The van der Waals surface area contributed by atoms with E-state index in [4.69, 9.17) is 14.6 Å². The summed E-state index contributed by atoms with van der Waals surface area (Å²) < 4.78 is 18.5. The molecule has 1 aromatic carbocycles. The number of nitrogens with one attached hydrogen (secondary N) is 1. The van der Waals surface area contributed by atoms with Gasteiger partial charge >= 0.3 is 11.9 Å². The molecule has 1 heterocycles. The Morgan fingerprint density at radius 3 is 2.45 bits per heavy atom. The zero-order valence-corrected chi connectivity index (χ0v) is 10.1. The highest BCUT2D eigenvalue weighted by Gasteiger charge is 2.11. The molecule has 2 rings (SSSR count). The van der Waals surface area contributed by atoms with E-state index in [1.165, 1.54) is 6.07 Å². The molecule has 1 aromatic heterocycles. The minimum Gasteiger partial charge on any atom is -0.478 e. The molecule has 20 heavy (non-hydrogen) atoms. The van der Waals surface area contributed by atoms with Crippen molar-refractivity contribution >= 4 is 17.6 Å². The molecule has 0 unspecified atom stereocenters. The lowest BCUT2D eigenvalue weighted by Gasteiger charge is -2.06. The lowest BCUT2D eigenvalue weighted by Crippen LogP contribution is -2.04. The lowest BCUT2D eigenvalue weighted by molar-refractivity contribution is 0.0685. The predicted octanol–water partition coefficient (Wildman–Crippen LogP) is 2.43. The Balaban J connectivity index is 2.11. The van der Waals surface area contributed by atoms with E-state index in [9.17, 15) is 14.0 Å². The van der Waals surface area contributed by atoms with Crippen LogP contribution in [0.1, 0.15) is 26.5 Å². The molecule has 2 aromatic rings. The van der Waals surface area contributed by atoms with Gasteiger partial charge in [-0.1, -0.05) is 0 Å². The zero-order chi connectivity index (χ0) is 14.7. The zero-order valence-electron chi connectivity index (χ0n) is 10.1. The summed E-state index contributed by atoms with van der Waals surface area (Å²) in [5.41, 5.74) is -0.0701. The van der Waals surface area contributed by atoms with E-state index in [2.05, 4.69) is 5.32 Å². The maximum Gasteiger partial charge on any atom is 0.338 e. The fourth-order valence-corrected chi connectivity index (χ4v) is 1.56. The van der Waals surface area contributed by atoms with Crippen molar-refractivity contribution in [3.05, 3.63) is 53.2 Å². The largest absolute Gasteiger partial charge is 0.478 e. The van der Waals surface area contributed by atoms with E-state index in [-0.39, 0.29) is 23.4 Å². The van der Waals surface area contributed by atoms with Crippen LogP contribution in [0.4, 0.5) is 10.1 Å². The van der Waals surface area contributed by atoms with Crippen molar-refractivity contribution in [3.63, 3.8) is 0 Å². The standard InChI is InChI=1S/C13H10FNO5/c14-10-2-1-7(12(16)17)4-11(10)15-5-9-3-8(6-20-9)13(18)19/h1-4,6,15H,5H2,(H,16,17)(H,18,19). The third-order valence-corrected chi connectivity index (χ3v) is 2.57. The number of aromatic carboxylic acids is 2.